The van der Waals surface area contributed by atoms with Gasteiger partial charge in [-0.2, -0.15) is 0 Å². The molecule has 0 radical (unpaired) electrons. The molecule has 0 heterocycles. The summed E-state index contributed by atoms with van der Waals surface area (Å²) in [5.74, 6) is -1.72. The van der Waals surface area contributed by atoms with Crippen LogP contribution in [0, 0.1) is 0 Å². The summed E-state index contributed by atoms with van der Waals surface area (Å²) in [5.41, 5.74) is -1.93. The number of rotatable bonds is 21. The van der Waals surface area contributed by atoms with E-state index in [0.717, 1.165) is 19.3 Å². The number of ether oxygens (including phenoxy) is 2. The molecule has 0 spiro atoms. The molecule has 0 N–H and O–H groups in total. The van der Waals surface area contributed by atoms with Gasteiger partial charge in [-0.1, -0.05) is 116 Å². The van der Waals surface area contributed by atoms with Crippen LogP contribution in [0.1, 0.15) is 137 Å². The second-order valence-electron chi connectivity index (χ2n) is 9.37. The maximum Gasteiger partial charge on any atom is 1.00 e. The fourth-order valence-corrected chi connectivity index (χ4v) is 4.70. The number of unbranched alkanes of at least 4 members (excludes halogenated alkanes) is 14. The molecular formula is C28H45KO7S. The number of benzene rings is 1. The molecule has 1 unspecified atom stereocenters. The molecule has 37 heavy (non-hydrogen) atoms. The summed E-state index contributed by atoms with van der Waals surface area (Å²) >= 11 is 0. The first-order valence-electron chi connectivity index (χ1n) is 13.7. The third-order valence-corrected chi connectivity index (χ3v) is 7.32. The van der Waals surface area contributed by atoms with E-state index in [2.05, 4.69) is 6.92 Å². The van der Waals surface area contributed by atoms with Crippen LogP contribution in [-0.2, 0) is 19.6 Å². The zero-order chi connectivity index (χ0) is 26.7. The normalized spacial score (nSPS) is 12.0. The van der Waals surface area contributed by atoms with E-state index < -0.39 is 27.5 Å². The van der Waals surface area contributed by atoms with E-state index in [4.69, 9.17) is 9.47 Å². The molecule has 0 amide bonds. The van der Waals surface area contributed by atoms with E-state index in [0.29, 0.717) is 0 Å². The Morgan fingerprint density at radius 2 is 1.14 bits per heavy atom. The van der Waals surface area contributed by atoms with Crippen molar-refractivity contribution in [2.75, 3.05) is 6.61 Å². The van der Waals surface area contributed by atoms with Crippen molar-refractivity contribution >= 4 is 22.1 Å². The molecule has 206 valence electrons. The Labute approximate surface area is 267 Å². The second-order valence-corrected chi connectivity index (χ2v) is 10.9. The van der Waals surface area contributed by atoms with E-state index in [1.54, 1.807) is 6.07 Å². The standard InChI is InChI=1S/C28H46O7S.K/c1-3-5-6-7-8-9-10-11-12-13-14-15-16-17-20-23-34-27(29)24-21-18-19-22-25(24)28(30)35-26(4-2)36(31,32)33;/h18-19,21-22,26H,3-17,20,23H2,1-2H3,(H,31,32,33);/q;+1/p-1. The summed E-state index contributed by atoms with van der Waals surface area (Å²) in [6, 6.07) is 5.85. The maximum absolute atomic E-state index is 12.5. The minimum Gasteiger partial charge on any atom is -0.745 e. The van der Waals surface area contributed by atoms with Crippen molar-refractivity contribution in [3.63, 3.8) is 0 Å². The molecule has 0 aliphatic heterocycles. The largest absolute Gasteiger partial charge is 1.00 e. The van der Waals surface area contributed by atoms with Crippen molar-refractivity contribution in [1.82, 2.24) is 0 Å². The number of carbonyl (C=O) groups excluding carboxylic acids is 2. The zero-order valence-electron chi connectivity index (χ0n) is 23.2. The van der Waals surface area contributed by atoms with Crippen molar-refractivity contribution in [1.29, 1.82) is 0 Å². The molecule has 0 aromatic heterocycles. The number of carbonyl (C=O) groups is 2. The first-order chi connectivity index (χ1) is 17.3. The molecule has 1 atom stereocenters. The first-order valence-corrected chi connectivity index (χ1v) is 15.2. The van der Waals surface area contributed by atoms with Crippen LogP contribution in [-0.4, -0.2) is 37.0 Å². The van der Waals surface area contributed by atoms with E-state index >= 15 is 0 Å². The van der Waals surface area contributed by atoms with Gasteiger partial charge in [-0.05, 0) is 25.0 Å². The quantitative estimate of drug-likeness (QED) is 0.0954. The monoisotopic (exact) mass is 564 g/mol. The Kier molecular flexibility index (Phi) is 22.3. The average Bonchev–Trinajstić information content (AvgIpc) is 2.86. The van der Waals surface area contributed by atoms with Gasteiger partial charge in [-0.25, -0.2) is 18.0 Å². The van der Waals surface area contributed by atoms with Crippen molar-refractivity contribution in [3.05, 3.63) is 35.4 Å². The fraction of sp³-hybridized carbons (Fsp3) is 0.714. The summed E-state index contributed by atoms with van der Waals surface area (Å²) in [6.45, 7) is 3.91. The van der Waals surface area contributed by atoms with E-state index in [1.165, 1.54) is 102 Å². The fourth-order valence-electron chi connectivity index (χ4n) is 4.08. The van der Waals surface area contributed by atoms with Crippen molar-refractivity contribution in [2.24, 2.45) is 0 Å². The number of esters is 2. The molecule has 0 saturated heterocycles. The molecule has 0 aliphatic rings. The van der Waals surface area contributed by atoms with Crippen LogP contribution in [0.15, 0.2) is 24.3 Å². The van der Waals surface area contributed by atoms with Gasteiger partial charge in [0.1, 0.15) is 10.1 Å². The number of hydrogen-bond acceptors (Lipinski definition) is 7. The van der Waals surface area contributed by atoms with Gasteiger partial charge in [0.15, 0.2) is 5.44 Å². The molecule has 7 nitrogen and oxygen atoms in total. The topological polar surface area (TPSA) is 110 Å². The number of hydrogen-bond donors (Lipinski definition) is 0. The maximum atomic E-state index is 12.5. The summed E-state index contributed by atoms with van der Waals surface area (Å²) in [5, 5.41) is 0. The van der Waals surface area contributed by atoms with Gasteiger partial charge in [0, 0.05) is 0 Å². The van der Waals surface area contributed by atoms with E-state index in [-0.39, 0.29) is 75.5 Å². The van der Waals surface area contributed by atoms with Crippen molar-refractivity contribution < 1.29 is 83.4 Å². The molecular weight excluding hydrogens is 519 g/mol. The van der Waals surface area contributed by atoms with Gasteiger partial charge in [0.05, 0.1) is 17.7 Å². The Balaban J connectivity index is 0.0000130. The summed E-state index contributed by atoms with van der Waals surface area (Å²) in [7, 11) is -4.80. The molecule has 0 saturated carbocycles. The van der Waals surface area contributed by atoms with Gasteiger partial charge >= 0.3 is 63.3 Å². The molecule has 0 bridgehead atoms. The molecule has 1 aromatic rings. The molecule has 0 aliphatic carbocycles. The minimum atomic E-state index is -4.80. The van der Waals surface area contributed by atoms with Gasteiger partial charge in [-0.15, -0.1) is 0 Å². The van der Waals surface area contributed by atoms with Gasteiger partial charge in [0.25, 0.3) is 0 Å². The third-order valence-electron chi connectivity index (χ3n) is 6.24. The van der Waals surface area contributed by atoms with Gasteiger partial charge < -0.3 is 14.0 Å². The summed E-state index contributed by atoms with van der Waals surface area (Å²) in [4.78, 5) is 24.8. The SMILES string of the molecule is CCCCCCCCCCCCCCCCCOC(=O)c1ccccc1C(=O)OC(CC)S(=O)(=O)[O-].[K+]. The Morgan fingerprint density at radius 3 is 1.54 bits per heavy atom. The zero-order valence-corrected chi connectivity index (χ0v) is 27.1. The third kappa shape index (κ3) is 17.1. The van der Waals surface area contributed by atoms with Crippen LogP contribution in [0.3, 0.4) is 0 Å². The van der Waals surface area contributed by atoms with Crippen molar-refractivity contribution in [2.45, 2.75) is 122 Å². The first kappa shape index (κ1) is 36.7. The summed E-state index contributed by atoms with van der Waals surface area (Å²) < 4.78 is 43.7. The van der Waals surface area contributed by atoms with E-state index in [9.17, 15) is 22.6 Å². The van der Waals surface area contributed by atoms with Crippen LogP contribution in [0.25, 0.3) is 0 Å². The molecule has 1 rings (SSSR count). The molecule has 1 aromatic carbocycles. The predicted octanol–water partition coefficient (Wildman–Crippen LogP) is 4.16. The van der Waals surface area contributed by atoms with Crippen LogP contribution >= 0.6 is 0 Å². The van der Waals surface area contributed by atoms with Crippen LogP contribution < -0.4 is 51.4 Å². The van der Waals surface area contributed by atoms with E-state index in [1.807, 2.05) is 0 Å². The Morgan fingerprint density at radius 1 is 0.730 bits per heavy atom. The minimum absolute atomic E-state index is 0. The second kappa shape index (κ2) is 22.5. The average molecular weight is 565 g/mol. The Bertz CT molecular complexity index is 858. The molecule has 0 fully saturated rings. The summed E-state index contributed by atoms with van der Waals surface area (Å²) in [6.07, 6.45) is 18.5. The molecule has 9 heteroatoms. The van der Waals surface area contributed by atoms with Gasteiger partial charge in [0.2, 0.25) is 0 Å². The smallest absolute Gasteiger partial charge is 0.745 e. The van der Waals surface area contributed by atoms with Crippen LogP contribution in [0.5, 0.6) is 0 Å². The van der Waals surface area contributed by atoms with Gasteiger partial charge in [-0.3, -0.25) is 0 Å². The predicted molar refractivity (Wildman–Crippen MR) is 141 cm³/mol. The van der Waals surface area contributed by atoms with Crippen molar-refractivity contribution in [3.8, 4) is 0 Å². The van der Waals surface area contributed by atoms with Crippen LogP contribution in [0.4, 0.5) is 0 Å². The van der Waals surface area contributed by atoms with Crippen LogP contribution in [0.2, 0.25) is 0 Å². The Hall–Kier alpha value is -0.294.